The zero-order valence-corrected chi connectivity index (χ0v) is 18.2. The predicted molar refractivity (Wildman–Crippen MR) is 120 cm³/mol. The van der Waals surface area contributed by atoms with Crippen LogP contribution in [-0.4, -0.2) is 74.2 Å². The van der Waals surface area contributed by atoms with Crippen LogP contribution in [-0.2, 0) is 0 Å². The number of carboxylic acid groups (broad SMARTS) is 4. The van der Waals surface area contributed by atoms with Crippen LogP contribution in [0.3, 0.4) is 0 Å². The summed E-state index contributed by atoms with van der Waals surface area (Å²) in [4.78, 5) is 65.4. The van der Waals surface area contributed by atoms with Gasteiger partial charge in [-0.3, -0.25) is 29.9 Å². The van der Waals surface area contributed by atoms with Crippen LogP contribution in [0.1, 0.15) is 41.4 Å². The van der Waals surface area contributed by atoms with Gasteiger partial charge in [0.2, 0.25) is 0 Å². The Morgan fingerprint density at radius 3 is 0.583 bits per heavy atom. The summed E-state index contributed by atoms with van der Waals surface area (Å²) in [5, 5.41) is 35.0. The number of aromatic carboxylic acids is 4. The lowest BCUT2D eigenvalue weighted by Crippen LogP contribution is -2.15. The van der Waals surface area contributed by atoms with E-state index in [0.717, 1.165) is 0 Å². The molecule has 4 rings (SSSR count). The molecule has 14 heteroatoms. The van der Waals surface area contributed by atoms with Gasteiger partial charge in [-0.25, -0.2) is 19.2 Å². The topological polar surface area (TPSA) is 227 Å². The number of carboxylic acids is 4. The molecule has 0 amide bonds. The number of benzene rings is 1. The molecule has 3 heterocycles. The summed E-state index contributed by atoms with van der Waals surface area (Å²) in [6.45, 7) is 0. The molecule has 4 N–H and O–H groups in total. The fourth-order valence-electron chi connectivity index (χ4n) is 2.07. The first kappa shape index (κ1) is 28.4. The summed E-state index contributed by atoms with van der Waals surface area (Å²) < 4.78 is 0. The average molecular weight is 494 g/mol. The fourth-order valence-corrected chi connectivity index (χ4v) is 2.07. The maximum absolute atomic E-state index is 10.8. The van der Waals surface area contributed by atoms with Gasteiger partial charge in [0.25, 0.3) is 0 Å². The molecule has 0 saturated heterocycles. The van der Waals surface area contributed by atoms with E-state index in [2.05, 4.69) is 29.9 Å². The van der Waals surface area contributed by atoms with E-state index in [1.54, 1.807) is 74.4 Å². The zero-order chi connectivity index (χ0) is 26.8. The first-order chi connectivity index (χ1) is 17.3. The Morgan fingerprint density at radius 1 is 0.361 bits per heavy atom. The number of hydrogen-bond donors (Lipinski definition) is 4. The van der Waals surface area contributed by atoms with Crippen LogP contribution in [0.4, 0.5) is 0 Å². The summed E-state index contributed by atoms with van der Waals surface area (Å²) in [6, 6.07) is 1.02. The first-order valence-corrected chi connectivity index (χ1v) is 9.46. The van der Waals surface area contributed by atoms with Gasteiger partial charge in [-0.05, 0) is 12.1 Å². The van der Waals surface area contributed by atoms with Crippen molar-refractivity contribution in [2.75, 3.05) is 0 Å². The van der Waals surface area contributed by atoms with Gasteiger partial charge in [0, 0.05) is 74.4 Å². The zero-order valence-electron chi connectivity index (χ0n) is 18.2. The third-order valence-corrected chi connectivity index (χ3v) is 3.51. The highest BCUT2D eigenvalue weighted by Gasteiger charge is 2.24. The van der Waals surface area contributed by atoms with E-state index < -0.39 is 46.1 Å². The molecule has 36 heavy (non-hydrogen) atoms. The second kappa shape index (κ2) is 16.0. The van der Waals surface area contributed by atoms with Crippen molar-refractivity contribution in [3.63, 3.8) is 0 Å². The van der Waals surface area contributed by atoms with Gasteiger partial charge >= 0.3 is 23.9 Å². The van der Waals surface area contributed by atoms with Crippen molar-refractivity contribution in [2.45, 2.75) is 0 Å². The van der Waals surface area contributed by atoms with Crippen LogP contribution in [0, 0.1) is 0 Å². The summed E-state index contributed by atoms with van der Waals surface area (Å²) >= 11 is 0. The molecule has 0 bridgehead atoms. The fraction of sp³-hybridized carbons (Fsp3) is 0. The monoisotopic (exact) mass is 494 g/mol. The van der Waals surface area contributed by atoms with E-state index in [-0.39, 0.29) is 0 Å². The minimum atomic E-state index is -1.66. The van der Waals surface area contributed by atoms with Gasteiger partial charge < -0.3 is 20.4 Å². The van der Waals surface area contributed by atoms with Gasteiger partial charge in [0.05, 0.1) is 22.3 Å². The summed E-state index contributed by atoms with van der Waals surface area (Å²) in [5.74, 6) is -6.64. The average Bonchev–Trinajstić information content (AvgIpc) is 2.91. The number of aromatic nitrogens is 6. The largest absolute Gasteiger partial charge is 0.478 e. The molecular formula is C22H18N6O8. The second-order valence-electron chi connectivity index (χ2n) is 5.85. The van der Waals surface area contributed by atoms with Crippen LogP contribution in [0.2, 0.25) is 0 Å². The smallest absolute Gasteiger partial charge is 0.336 e. The molecule has 0 aliphatic rings. The van der Waals surface area contributed by atoms with Gasteiger partial charge in [0.1, 0.15) is 0 Å². The van der Waals surface area contributed by atoms with Crippen molar-refractivity contribution in [3.8, 4) is 0 Å². The molecule has 0 saturated carbocycles. The molecule has 3 aromatic heterocycles. The molecule has 14 nitrogen and oxygen atoms in total. The minimum Gasteiger partial charge on any atom is -0.478 e. The van der Waals surface area contributed by atoms with Gasteiger partial charge in [-0.2, -0.15) is 0 Å². The van der Waals surface area contributed by atoms with E-state index in [4.69, 9.17) is 20.4 Å². The third-order valence-electron chi connectivity index (χ3n) is 3.51. The standard InChI is InChI=1S/C10H6O8.3C4H4N2/c11-7(12)3-1-4(8(13)14)6(10(17)18)2-5(3)9(15)16;3*1-2-6-4-3-5-1/h1-2H,(H,11,12)(H,13,14)(H,15,16)(H,17,18);3*1-4H. The van der Waals surface area contributed by atoms with Gasteiger partial charge in [-0.1, -0.05) is 0 Å². The maximum atomic E-state index is 10.8. The van der Waals surface area contributed by atoms with E-state index in [9.17, 15) is 19.2 Å². The number of hydrogen-bond acceptors (Lipinski definition) is 10. The van der Waals surface area contributed by atoms with Crippen LogP contribution in [0.15, 0.2) is 86.5 Å². The molecule has 0 atom stereocenters. The summed E-state index contributed by atoms with van der Waals surface area (Å²) in [7, 11) is 0. The Kier molecular flexibility index (Phi) is 12.6. The lowest BCUT2D eigenvalue weighted by Gasteiger charge is -2.06. The van der Waals surface area contributed by atoms with Crippen molar-refractivity contribution < 1.29 is 39.6 Å². The van der Waals surface area contributed by atoms with E-state index in [1.807, 2.05) is 0 Å². The van der Waals surface area contributed by atoms with Crippen molar-refractivity contribution >= 4 is 23.9 Å². The molecule has 0 aliphatic carbocycles. The molecule has 0 aliphatic heterocycles. The maximum Gasteiger partial charge on any atom is 0.336 e. The molecule has 0 unspecified atom stereocenters. The highest BCUT2D eigenvalue weighted by molar-refractivity contribution is 6.09. The number of rotatable bonds is 4. The molecule has 1 aromatic carbocycles. The third kappa shape index (κ3) is 10.8. The van der Waals surface area contributed by atoms with E-state index in [0.29, 0.717) is 12.1 Å². The van der Waals surface area contributed by atoms with Crippen LogP contribution >= 0.6 is 0 Å². The van der Waals surface area contributed by atoms with Crippen LogP contribution in [0.5, 0.6) is 0 Å². The Labute approximate surface area is 202 Å². The Bertz CT molecular complexity index is 992. The van der Waals surface area contributed by atoms with Crippen LogP contribution in [0.25, 0.3) is 0 Å². The van der Waals surface area contributed by atoms with Crippen molar-refractivity contribution in [2.24, 2.45) is 0 Å². The molecule has 4 aromatic rings. The Balaban J connectivity index is 0.000000288. The Hall–Kier alpha value is -5.66. The highest BCUT2D eigenvalue weighted by Crippen LogP contribution is 2.18. The van der Waals surface area contributed by atoms with Gasteiger partial charge in [0.15, 0.2) is 0 Å². The molecule has 0 fully saturated rings. The second-order valence-corrected chi connectivity index (χ2v) is 5.85. The summed E-state index contributed by atoms with van der Waals surface area (Å²) in [6.07, 6.45) is 19.7. The van der Waals surface area contributed by atoms with E-state index >= 15 is 0 Å². The highest BCUT2D eigenvalue weighted by atomic mass is 16.4. The number of nitrogens with zero attached hydrogens (tertiary/aromatic N) is 6. The molecule has 184 valence electrons. The van der Waals surface area contributed by atoms with E-state index in [1.165, 1.54) is 0 Å². The van der Waals surface area contributed by atoms with Crippen molar-refractivity contribution in [1.82, 2.24) is 29.9 Å². The van der Waals surface area contributed by atoms with Crippen LogP contribution < -0.4 is 0 Å². The summed E-state index contributed by atoms with van der Waals surface area (Å²) in [5.41, 5.74) is -3.15. The normalized spacial score (nSPS) is 8.89. The van der Waals surface area contributed by atoms with Crippen molar-refractivity contribution in [1.29, 1.82) is 0 Å². The SMILES string of the molecule is O=C(O)c1cc(C(=O)O)c(C(=O)O)cc1C(=O)O.c1cnccn1.c1cnccn1.c1cnccn1. The lowest BCUT2D eigenvalue weighted by molar-refractivity contribution is 0.0637. The minimum absolute atomic E-state index is 0.511. The number of carbonyl (C=O) groups is 4. The quantitative estimate of drug-likeness (QED) is 0.318. The molecule has 0 spiro atoms. The Morgan fingerprint density at radius 2 is 0.500 bits per heavy atom. The molecule has 0 radical (unpaired) electrons. The van der Waals surface area contributed by atoms with Crippen molar-refractivity contribution in [3.05, 3.63) is 109 Å². The lowest BCUT2D eigenvalue weighted by atomic mass is 9.98. The first-order valence-electron chi connectivity index (χ1n) is 9.46. The molecular weight excluding hydrogens is 476 g/mol. The van der Waals surface area contributed by atoms with Gasteiger partial charge in [-0.15, -0.1) is 0 Å². The predicted octanol–water partition coefficient (Wildman–Crippen LogP) is 1.91.